The minimum absolute atomic E-state index is 0.0576. The molecule has 5 heteroatoms. The van der Waals surface area contributed by atoms with E-state index >= 15 is 0 Å². The average Bonchev–Trinajstić information content (AvgIpc) is 2.31. The van der Waals surface area contributed by atoms with Crippen molar-refractivity contribution in [1.29, 1.82) is 0 Å². The van der Waals surface area contributed by atoms with Crippen LogP contribution in [0.4, 0.5) is 0 Å². The second-order valence-electron chi connectivity index (χ2n) is 4.03. The Kier molecular flexibility index (Phi) is 7.63. The van der Waals surface area contributed by atoms with Crippen LogP contribution in [-0.2, 0) is 9.53 Å². The summed E-state index contributed by atoms with van der Waals surface area (Å²) in [4.78, 5) is 11.3. The standard InChI is InChI=1S/C11H22N2O2S/c1-15-5-4-13-11(14)9-12-8-10-2-6-16-7-3-10/h10,12H,2-9H2,1H3,(H,13,14). The van der Waals surface area contributed by atoms with E-state index in [0.717, 1.165) is 12.5 Å². The van der Waals surface area contributed by atoms with Gasteiger partial charge in [-0.3, -0.25) is 4.79 Å². The molecule has 0 radical (unpaired) electrons. The molecule has 0 spiro atoms. The third-order valence-electron chi connectivity index (χ3n) is 2.69. The SMILES string of the molecule is COCCNC(=O)CNCC1CCSCC1. The first-order valence-electron chi connectivity index (χ1n) is 5.87. The molecule has 4 nitrogen and oxygen atoms in total. The molecule has 1 aliphatic rings. The zero-order valence-corrected chi connectivity index (χ0v) is 10.8. The van der Waals surface area contributed by atoms with Gasteiger partial charge in [-0.1, -0.05) is 0 Å². The highest BCUT2D eigenvalue weighted by Crippen LogP contribution is 2.21. The Labute approximate surface area is 102 Å². The molecular formula is C11H22N2O2S. The van der Waals surface area contributed by atoms with Gasteiger partial charge in [0.15, 0.2) is 0 Å². The summed E-state index contributed by atoms with van der Waals surface area (Å²) in [6, 6.07) is 0. The fraction of sp³-hybridized carbons (Fsp3) is 0.909. The normalized spacial score (nSPS) is 17.3. The van der Waals surface area contributed by atoms with E-state index in [1.165, 1.54) is 24.3 Å². The maximum Gasteiger partial charge on any atom is 0.234 e. The van der Waals surface area contributed by atoms with E-state index in [1.807, 2.05) is 11.8 Å². The third-order valence-corrected chi connectivity index (χ3v) is 3.74. The molecule has 0 aromatic rings. The fourth-order valence-electron chi connectivity index (χ4n) is 1.70. The first-order valence-corrected chi connectivity index (χ1v) is 7.02. The van der Waals surface area contributed by atoms with E-state index in [2.05, 4.69) is 10.6 Å². The average molecular weight is 246 g/mol. The van der Waals surface area contributed by atoms with Crippen LogP contribution in [0.3, 0.4) is 0 Å². The van der Waals surface area contributed by atoms with Gasteiger partial charge in [-0.2, -0.15) is 11.8 Å². The van der Waals surface area contributed by atoms with Gasteiger partial charge in [0.2, 0.25) is 5.91 Å². The van der Waals surface area contributed by atoms with Crippen molar-refractivity contribution < 1.29 is 9.53 Å². The maximum atomic E-state index is 11.3. The molecular weight excluding hydrogens is 224 g/mol. The first kappa shape index (κ1) is 13.8. The second kappa shape index (κ2) is 8.84. The van der Waals surface area contributed by atoms with Gasteiger partial charge in [0, 0.05) is 13.7 Å². The Morgan fingerprint density at radius 2 is 2.19 bits per heavy atom. The predicted molar refractivity (Wildman–Crippen MR) is 67.8 cm³/mol. The van der Waals surface area contributed by atoms with Crippen LogP contribution in [0.25, 0.3) is 0 Å². The third kappa shape index (κ3) is 6.35. The Morgan fingerprint density at radius 1 is 1.44 bits per heavy atom. The van der Waals surface area contributed by atoms with Gasteiger partial charge in [-0.25, -0.2) is 0 Å². The van der Waals surface area contributed by atoms with E-state index in [-0.39, 0.29) is 5.91 Å². The highest BCUT2D eigenvalue weighted by Gasteiger charge is 2.13. The molecule has 1 aliphatic heterocycles. The lowest BCUT2D eigenvalue weighted by atomic mass is 10.0. The lowest BCUT2D eigenvalue weighted by Gasteiger charge is -2.21. The smallest absolute Gasteiger partial charge is 0.234 e. The maximum absolute atomic E-state index is 11.3. The van der Waals surface area contributed by atoms with Crippen LogP contribution in [0, 0.1) is 5.92 Å². The summed E-state index contributed by atoms with van der Waals surface area (Å²) in [6.45, 7) is 2.56. The number of rotatable bonds is 7. The molecule has 1 amide bonds. The van der Waals surface area contributed by atoms with Crippen LogP contribution in [0.1, 0.15) is 12.8 Å². The number of carbonyl (C=O) groups excluding carboxylic acids is 1. The predicted octanol–water partition coefficient (Wildman–Crippen LogP) is 0.482. The van der Waals surface area contributed by atoms with E-state index in [0.29, 0.717) is 19.7 Å². The van der Waals surface area contributed by atoms with Crippen molar-refractivity contribution in [2.24, 2.45) is 5.92 Å². The van der Waals surface area contributed by atoms with Gasteiger partial charge >= 0.3 is 0 Å². The number of hydrogen-bond acceptors (Lipinski definition) is 4. The molecule has 1 fully saturated rings. The Hall–Kier alpha value is -0.260. The molecule has 1 rings (SSSR count). The van der Waals surface area contributed by atoms with Crippen molar-refractivity contribution in [2.75, 3.05) is 44.9 Å². The van der Waals surface area contributed by atoms with Gasteiger partial charge < -0.3 is 15.4 Å². The van der Waals surface area contributed by atoms with Crippen LogP contribution in [0.2, 0.25) is 0 Å². The number of hydrogen-bond donors (Lipinski definition) is 2. The molecule has 1 heterocycles. The molecule has 16 heavy (non-hydrogen) atoms. The quantitative estimate of drug-likeness (QED) is 0.642. The van der Waals surface area contributed by atoms with E-state index < -0.39 is 0 Å². The van der Waals surface area contributed by atoms with Crippen molar-refractivity contribution in [3.8, 4) is 0 Å². The number of carbonyl (C=O) groups is 1. The van der Waals surface area contributed by atoms with Crippen LogP contribution < -0.4 is 10.6 Å². The molecule has 1 saturated heterocycles. The summed E-state index contributed by atoms with van der Waals surface area (Å²) in [5.74, 6) is 3.36. The molecule has 0 unspecified atom stereocenters. The van der Waals surface area contributed by atoms with Crippen LogP contribution >= 0.6 is 11.8 Å². The molecule has 94 valence electrons. The van der Waals surface area contributed by atoms with Gasteiger partial charge in [-0.15, -0.1) is 0 Å². The lowest BCUT2D eigenvalue weighted by molar-refractivity contribution is -0.120. The van der Waals surface area contributed by atoms with Gasteiger partial charge in [0.25, 0.3) is 0 Å². The van der Waals surface area contributed by atoms with Gasteiger partial charge in [0.1, 0.15) is 0 Å². The van der Waals surface area contributed by atoms with Crippen molar-refractivity contribution in [1.82, 2.24) is 10.6 Å². The highest BCUT2D eigenvalue weighted by molar-refractivity contribution is 7.99. The van der Waals surface area contributed by atoms with Gasteiger partial charge in [-0.05, 0) is 36.8 Å². The summed E-state index contributed by atoms with van der Waals surface area (Å²) in [5.41, 5.74) is 0. The molecule has 0 aliphatic carbocycles. The van der Waals surface area contributed by atoms with Crippen molar-refractivity contribution in [2.45, 2.75) is 12.8 Å². The van der Waals surface area contributed by atoms with E-state index in [1.54, 1.807) is 7.11 Å². The Balaban J connectivity index is 1.94. The van der Waals surface area contributed by atoms with E-state index in [9.17, 15) is 4.79 Å². The van der Waals surface area contributed by atoms with Crippen molar-refractivity contribution in [3.63, 3.8) is 0 Å². The zero-order valence-electron chi connectivity index (χ0n) is 9.96. The summed E-state index contributed by atoms with van der Waals surface area (Å²) in [7, 11) is 1.63. The molecule has 0 saturated carbocycles. The summed E-state index contributed by atoms with van der Waals surface area (Å²) in [6.07, 6.45) is 2.56. The number of ether oxygens (including phenoxy) is 1. The number of amides is 1. The topological polar surface area (TPSA) is 50.4 Å². The molecule has 0 bridgehead atoms. The van der Waals surface area contributed by atoms with Crippen LogP contribution in [0.15, 0.2) is 0 Å². The second-order valence-corrected chi connectivity index (χ2v) is 5.25. The number of thioether (sulfide) groups is 1. The van der Waals surface area contributed by atoms with Crippen molar-refractivity contribution >= 4 is 17.7 Å². The summed E-state index contributed by atoms with van der Waals surface area (Å²) < 4.78 is 4.85. The fourth-order valence-corrected chi connectivity index (χ4v) is 2.90. The first-order chi connectivity index (χ1) is 7.83. The minimum atomic E-state index is 0.0576. The monoisotopic (exact) mass is 246 g/mol. The number of nitrogens with one attached hydrogen (secondary N) is 2. The largest absolute Gasteiger partial charge is 0.383 e. The molecule has 0 atom stereocenters. The van der Waals surface area contributed by atoms with Crippen LogP contribution in [0.5, 0.6) is 0 Å². The molecule has 0 aromatic carbocycles. The van der Waals surface area contributed by atoms with Crippen molar-refractivity contribution in [3.05, 3.63) is 0 Å². The highest BCUT2D eigenvalue weighted by atomic mass is 32.2. The molecule has 0 aromatic heterocycles. The van der Waals surface area contributed by atoms with Gasteiger partial charge in [0.05, 0.1) is 13.2 Å². The zero-order chi connectivity index (χ0) is 11.6. The summed E-state index contributed by atoms with van der Waals surface area (Å²) >= 11 is 2.03. The number of methoxy groups -OCH3 is 1. The summed E-state index contributed by atoms with van der Waals surface area (Å²) in [5, 5.41) is 6.01. The Bertz CT molecular complexity index is 196. The molecule has 2 N–H and O–H groups in total. The lowest BCUT2D eigenvalue weighted by Crippen LogP contribution is -2.37. The Morgan fingerprint density at radius 3 is 2.88 bits per heavy atom. The minimum Gasteiger partial charge on any atom is -0.383 e. The van der Waals surface area contributed by atoms with E-state index in [4.69, 9.17) is 4.74 Å². The van der Waals surface area contributed by atoms with Crippen LogP contribution in [-0.4, -0.2) is 50.8 Å².